The van der Waals surface area contributed by atoms with Gasteiger partial charge in [0.25, 0.3) is 6.47 Å². The molecule has 0 rings (SSSR count). The number of carbonyl (C=O) groups is 1. The van der Waals surface area contributed by atoms with Gasteiger partial charge in [0.2, 0.25) is 0 Å². The molecule has 0 aliphatic carbocycles. The molecule has 0 amide bonds. The van der Waals surface area contributed by atoms with E-state index in [1.54, 1.807) is 0 Å². The highest BCUT2D eigenvalue weighted by molar-refractivity contribution is 5.38. The summed E-state index contributed by atoms with van der Waals surface area (Å²) in [6.07, 6.45) is 13.5. The van der Waals surface area contributed by atoms with Crippen LogP contribution >= 0.6 is 0 Å². The molecule has 1 unspecified atom stereocenters. The number of hydrogen-bond donors (Lipinski definition) is 0. The predicted molar refractivity (Wildman–Crippen MR) is 100 cm³/mol. The first-order valence-electron chi connectivity index (χ1n) is 8.54. The van der Waals surface area contributed by atoms with Gasteiger partial charge < -0.3 is 4.74 Å². The fourth-order valence-corrected chi connectivity index (χ4v) is 2.23. The summed E-state index contributed by atoms with van der Waals surface area (Å²) in [4.78, 5) is 10.7. The summed E-state index contributed by atoms with van der Waals surface area (Å²) in [6.45, 7) is 13.3. The maximum atomic E-state index is 10.7. The highest BCUT2D eigenvalue weighted by atomic mass is 16.5. The fourth-order valence-electron chi connectivity index (χ4n) is 2.23. The van der Waals surface area contributed by atoms with Crippen LogP contribution in [0.3, 0.4) is 0 Å². The number of carbonyl (C=O) groups excluding carboxylic acids is 1. The Morgan fingerprint density at radius 2 is 1.35 bits per heavy atom. The molecule has 0 aromatic carbocycles. The molecule has 0 aliphatic rings. The second kappa shape index (κ2) is 12.9. The van der Waals surface area contributed by atoms with Crippen molar-refractivity contribution < 1.29 is 9.53 Å². The summed E-state index contributed by atoms with van der Waals surface area (Å²) in [5, 5.41) is 0. The van der Waals surface area contributed by atoms with Crippen molar-refractivity contribution in [2.45, 2.75) is 79.8 Å². The molecule has 0 aromatic rings. The second-order valence-electron chi connectivity index (χ2n) is 6.71. The minimum atomic E-state index is -0.155. The molecule has 0 aromatic heterocycles. The van der Waals surface area contributed by atoms with Gasteiger partial charge in [-0.25, -0.2) is 0 Å². The van der Waals surface area contributed by atoms with Gasteiger partial charge in [0.05, 0.1) is 0 Å². The third kappa shape index (κ3) is 13.8. The van der Waals surface area contributed by atoms with Crippen molar-refractivity contribution in [2.24, 2.45) is 0 Å². The van der Waals surface area contributed by atoms with Crippen molar-refractivity contribution in [1.29, 1.82) is 0 Å². The maximum Gasteiger partial charge on any atom is 0.293 e. The first-order valence-corrected chi connectivity index (χ1v) is 8.54. The van der Waals surface area contributed by atoms with Gasteiger partial charge in [-0.1, -0.05) is 40.5 Å². The SMILES string of the molecule is CC(C)=CCC/C(C)=C/CC(/C=C(\C)CCC=C(C)C)OC=O. The second-order valence-corrected chi connectivity index (χ2v) is 6.71. The van der Waals surface area contributed by atoms with E-state index in [9.17, 15) is 4.79 Å². The van der Waals surface area contributed by atoms with E-state index in [0.29, 0.717) is 6.47 Å². The number of rotatable bonds is 11. The summed E-state index contributed by atoms with van der Waals surface area (Å²) in [7, 11) is 0. The summed E-state index contributed by atoms with van der Waals surface area (Å²) < 4.78 is 5.20. The molecule has 0 radical (unpaired) electrons. The third-order valence-corrected chi connectivity index (χ3v) is 3.58. The molecule has 1 atom stereocenters. The molecule has 0 N–H and O–H groups in total. The standard InChI is InChI=1S/C21H34O2/c1-17(2)9-7-11-19(5)13-14-21(23-16-22)15-20(6)12-8-10-18(3)4/h9-10,13,15-16,21H,7-8,11-12,14H2,1-6H3/b19-13+,20-15+. The van der Waals surface area contributed by atoms with Crippen LogP contribution < -0.4 is 0 Å². The summed E-state index contributed by atoms with van der Waals surface area (Å²) >= 11 is 0. The van der Waals surface area contributed by atoms with Gasteiger partial charge in [0, 0.05) is 6.42 Å². The first-order chi connectivity index (χ1) is 10.8. The average Bonchev–Trinajstić information content (AvgIpc) is 2.44. The monoisotopic (exact) mass is 318 g/mol. The molecule has 23 heavy (non-hydrogen) atoms. The van der Waals surface area contributed by atoms with Crippen LogP contribution in [0, 0.1) is 0 Å². The van der Waals surface area contributed by atoms with Crippen molar-refractivity contribution in [3.8, 4) is 0 Å². The van der Waals surface area contributed by atoms with Gasteiger partial charge in [0.1, 0.15) is 6.10 Å². The normalized spacial score (nSPS) is 13.3. The first kappa shape index (κ1) is 21.4. The van der Waals surface area contributed by atoms with Crippen LogP contribution in [0.5, 0.6) is 0 Å². The van der Waals surface area contributed by atoms with Crippen LogP contribution in [0.2, 0.25) is 0 Å². The van der Waals surface area contributed by atoms with Crippen molar-refractivity contribution in [3.63, 3.8) is 0 Å². The summed E-state index contributed by atoms with van der Waals surface area (Å²) in [6, 6.07) is 0. The highest BCUT2D eigenvalue weighted by Crippen LogP contribution is 2.14. The van der Waals surface area contributed by atoms with E-state index in [0.717, 1.165) is 32.1 Å². The van der Waals surface area contributed by atoms with E-state index < -0.39 is 0 Å². The van der Waals surface area contributed by atoms with E-state index in [2.05, 4.69) is 65.8 Å². The number of hydrogen-bond acceptors (Lipinski definition) is 2. The Morgan fingerprint density at radius 3 is 1.83 bits per heavy atom. The quantitative estimate of drug-likeness (QED) is 0.330. The van der Waals surface area contributed by atoms with Crippen LogP contribution in [0.4, 0.5) is 0 Å². The average molecular weight is 319 g/mol. The van der Waals surface area contributed by atoms with Crippen LogP contribution in [-0.2, 0) is 9.53 Å². The van der Waals surface area contributed by atoms with Gasteiger partial charge in [0.15, 0.2) is 0 Å². The van der Waals surface area contributed by atoms with Crippen molar-refractivity contribution >= 4 is 6.47 Å². The van der Waals surface area contributed by atoms with E-state index in [-0.39, 0.29) is 6.10 Å². The van der Waals surface area contributed by atoms with Gasteiger partial charge in [-0.05, 0) is 73.3 Å². The Bertz CT molecular complexity index is 456. The van der Waals surface area contributed by atoms with Crippen LogP contribution in [0.1, 0.15) is 73.6 Å². The molecule has 0 saturated carbocycles. The lowest BCUT2D eigenvalue weighted by Gasteiger charge is -2.11. The molecule has 0 fully saturated rings. The Morgan fingerprint density at radius 1 is 0.826 bits per heavy atom. The van der Waals surface area contributed by atoms with E-state index in [1.807, 2.05) is 0 Å². The Kier molecular flexibility index (Phi) is 12.0. The fraction of sp³-hybridized carbons (Fsp3) is 0.571. The zero-order chi connectivity index (χ0) is 17.7. The molecule has 0 saturated heterocycles. The van der Waals surface area contributed by atoms with Gasteiger partial charge >= 0.3 is 0 Å². The number of ether oxygens (including phenoxy) is 1. The molecule has 0 heterocycles. The summed E-state index contributed by atoms with van der Waals surface area (Å²) in [5.74, 6) is 0. The van der Waals surface area contributed by atoms with E-state index in [1.165, 1.54) is 22.3 Å². The van der Waals surface area contributed by atoms with Crippen molar-refractivity contribution in [3.05, 3.63) is 46.6 Å². The molecule has 0 spiro atoms. The lowest BCUT2D eigenvalue weighted by Crippen LogP contribution is -2.08. The number of allylic oxidation sites excluding steroid dienone is 6. The van der Waals surface area contributed by atoms with Gasteiger partial charge in [-0.3, -0.25) is 4.79 Å². The van der Waals surface area contributed by atoms with Crippen molar-refractivity contribution in [1.82, 2.24) is 0 Å². The molecule has 0 aliphatic heterocycles. The maximum absolute atomic E-state index is 10.7. The topological polar surface area (TPSA) is 26.3 Å². The van der Waals surface area contributed by atoms with Gasteiger partial charge in [-0.15, -0.1) is 0 Å². The lowest BCUT2D eigenvalue weighted by molar-refractivity contribution is -0.131. The molecule has 0 bridgehead atoms. The largest absolute Gasteiger partial charge is 0.460 e. The predicted octanol–water partition coefficient (Wildman–Crippen LogP) is 6.30. The van der Waals surface area contributed by atoms with Crippen LogP contribution in [0.15, 0.2) is 46.6 Å². The van der Waals surface area contributed by atoms with E-state index in [4.69, 9.17) is 4.74 Å². The van der Waals surface area contributed by atoms with Crippen LogP contribution in [-0.4, -0.2) is 12.6 Å². The molecular weight excluding hydrogens is 284 g/mol. The summed E-state index contributed by atoms with van der Waals surface area (Å²) in [5.41, 5.74) is 5.31. The smallest absolute Gasteiger partial charge is 0.293 e. The highest BCUT2D eigenvalue weighted by Gasteiger charge is 2.05. The van der Waals surface area contributed by atoms with Crippen LogP contribution in [0.25, 0.3) is 0 Å². The van der Waals surface area contributed by atoms with Crippen molar-refractivity contribution in [2.75, 3.05) is 0 Å². The Balaban J connectivity index is 4.51. The molecule has 2 nitrogen and oxygen atoms in total. The Labute approximate surface area is 143 Å². The zero-order valence-corrected chi connectivity index (χ0v) is 15.8. The molecule has 130 valence electrons. The van der Waals surface area contributed by atoms with E-state index >= 15 is 0 Å². The van der Waals surface area contributed by atoms with Gasteiger partial charge in [-0.2, -0.15) is 0 Å². The zero-order valence-electron chi connectivity index (χ0n) is 15.8. The minimum Gasteiger partial charge on any atom is -0.460 e. The third-order valence-electron chi connectivity index (χ3n) is 3.58. The molecule has 2 heteroatoms. The molecular formula is C21H34O2. The lowest BCUT2D eigenvalue weighted by atomic mass is 10.0. The Hall–Kier alpha value is -1.57. The minimum absolute atomic E-state index is 0.155.